The van der Waals surface area contributed by atoms with E-state index in [1.165, 1.54) is 250 Å². The van der Waals surface area contributed by atoms with Crippen LogP contribution < -0.4 is 5.32 Å². The first-order valence-corrected chi connectivity index (χ1v) is 34.3. The van der Waals surface area contributed by atoms with Crippen molar-refractivity contribution in [1.29, 1.82) is 0 Å². The van der Waals surface area contributed by atoms with E-state index in [-0.39, 0.29) is 18.5 Å². The molecule has 7 unspecified atom stereocenters. The highest BCUT2D eigenvalue weighted by molar-refractivity contribution is 5.76. The summed E-state index contributed by atoms with van der Waals surface area (Å²) >= 11 is 0. The molecular formula is C69H129NO10. The zero-order valence-corrected chi connectivity index (χ0v) is 52.1. The predicted octanol–water partition coefficient (Wildman–Crippen LogP) is 17.0. The van der Waals surface area contributed by atoms with Crippen LogP contribution in [0.4, 0.5) is 0 Å². The molecule has 11 nitrogen and oxygen atoms in total. The van der Waals surface area contributed by atoms with Crippen molar-refractivity contribution in [2.24, 2.45) is 0 Å². The van der Waals surface area contributed by atoms with Gasteiger partial charge < -0.3 is 45.1 Å². The molecular weight excluding hydrogens is 1000 g/mol. The Labute approximate surface area is 492 Å². The van der Waals surface area contributed by atoms with E-state index in [0.29, 0.717) is 19.4 Å². The summed E-state index contributed by atoms with van der Waals surface area (Å²) in [7, 11) is 0. The van der Waals surface area contributed by atoms with E-state index in [2.05, 4.69) is 43.5 Å². The second-order valence-corrected chi connectivity index (χ2v) is 23.9. The zero-order chi connectivity index (χ0) is 58.0. The van der Waals surface area contributed by atoms with Crippen LogP contribution in [0, 0.1) is 0 Å². The number of allylic oxidation sites excluding steroid dienone is 5. The molecule has 0 aromatic heterocycles. The van der Waals surface area contributed by atoms with Crippen LogP contribution in [0.2, 0.25) is 0 Å². The third kappa shape index (κ3) is 47.3. The lowest BCUT2D eigenvalue weighted by Gasteiger charge is -2.40. The number of unbranched alkanes of at least 4 members (excludes halogenated alkanes) is 42. The molecule has 0 spiro atoms. The van der Waals surface area contributed by atoms with E-state index in [9.17, 15) is 35.1 Å². The molecule has 1 rings (SSSR count). The minimum atomic E-state index is -1.57. The van der Waals surface area contributed by atoms with Crippen LogP contribution in [0.3, 0.4) is 0 Å². The van der Waals surface area contributed by atoms with Crippen LogP contribution in [-0.4, -0.2) is 100 Å². The number of carbonyl (C=O) groups excluding carboxylic acids is 2. The van der Waals surface area contributed by atoms with Crippen LogP contribution in [-0.2, 0) is 23.8 Å². The highest BCUT2D eigenvalue weighted by atomic mass is 16.7. The number of hydrogen-bond acceptors (Lipinski definition) is 10. The van der Waals surface area contributed by atoms with Gasteiger partial charge in [-0.3, -0.25) is 9.59 Å². The quantitative estimate of drug-likeness (QED) is 0.0195. The average molecular weight is 1130 g/mol. The van der Waals surface area contributed by atoms with E-state index in [1.54, 1.807) is 6.08 Å². The van der Waals surface area contributed by atoms with Gasteiger partial charge in [0, 0.05) is 12.8 Å². The Balaban J connectivity index is 1.94. The standard InChI is InChI=1S/C69H129NO10/c1-3-5-7-9-11-13-36-41-45-49-53-57-65(74)78-58-54-50-46-42-38-35-33-31-29-27-25-23-21-19-17-15-16-18-20-22-24-26-28-30-32-34-37-40-44-48-52-56-64(73)70-61(60-79-69-68(77)67(76)66(75)63(59-71)80-69)62(72)55-51-47-43-39-14-12-10-8-6-4-2/h14,17,19,39,51,55,61-63,66-69,71-72,75-77H,3-13,15-16,18,20-38,40-50,52-54,56-60H2,1-2H3,(H,70,73)/b19-17-,39-14+,55-51+. The maximum Gasteiger partial charge on any atom is 0.305 e. The fraction of sp³-hybridized carbons (Fsp3) is 0.884. The Hall–Kier alpha value is -2.12. The van der Waals surface area contributed by atoms with Gasteiger partial charge in [-0.25, -0.2) is 0 Å². The van der Waals surface area contributed by atoms with Crippen LogP contribution in [0.5, 0.6) is 0 Å². The summed E-state index contributed by atoms with van der Waals surface area (Å²) in [6.07, 6.45) is 64.4. The highest BCUT2D eigenvalue weighted by Crippen LogP contribution is 2.23. The van der Waals surface area contributed by atoms with E-state index in [1.807, 2.05) is 6.08 Å². The summed E-state index contributed by atoms with van der Waals surface area (Å²) < 4.78 is 16.7. The minimum Gasteiger partial charge on any atom is -0.466 e. The molecule has 0 bridgehead atoms. The van der Waals surface area contributed by atoms with Crippen molar-refractivity contribution in [3.8, 4) is 0 Å². The largest absolute Gasteiger partial charge is 0.466 e. The first-order valence-electron chi connectivity index (χ1n) is 34.3. The van der Waals surface area contributed by atoms with Crippen molar-refractivity contribution in [3.05, 3.63) is 36.5 Å². The third-order valence-electron chi connectivity index (χ3n) is 16.2. The SMILES string of the molecule is CCCCCC/C=C/CC/C=C/C(O)C(COC1OC(CO)C(O)C(O)C1O)NC(=O)CCCCCCCCCCCCCCCCC/C=C\CCCCCCCCCCCCCCOC(=O)CCCCCCCCCCCCC. The van der Waals surface area contributed by atoms with Gasteiger partial charge in [0.2, 0.25) is 5.91 Å². The molecule has 1 saturated heterocycles. The fourth-order valence-electron chi connectivity index (χ4n) is 10.8. The van der Waals surface area contributed by atoms with Crippen LogP contribution in [0.15, 0.2) is 36.5 Å². The number of carbonyl (C=O) groups is 2. The molecule has 0 saturated carbocycles. The Bertz CT molecular complexity index is 1420. The minimum absolute atomic E-state index is 0.00928. The number of esters is 1. The van der Waals surface area contributed by atoms with Crippen LogP contribution in [0.1, 0.15) is 328 Å². The number of amides is 1. The van der Waals surface area contributed by atoms with Gasteiger partial charge in [0.1, 0.15) is 24.4 Å². The lowest BCUT2D eigenvalue weighted by atomic mass is 9.99. The molecule has 0 radical (unpaired) electrons. The molecule has 1 aliphatic heterocycles. The maximum absolute atomic E-state index is 13.0. The van der Waals surface area contributed by atoms with Crippen molar-refractivity contribution in [1.82, 2.24) is 5.32 Å². The Kier molecular flexibility index (Phi) is 55.6. The van der Waals surface area contributed by atoms with Gasteiger partial charge >= 0.3 is 5.97 Å². The van der Waals surface area contributed by atoms with Gasteiger partial charge in [-0.1, -0.05) is 281 Å². The normalized spacial score (nSPS) is 18.5. The number of rotatable bonds is 60. The number of hydrogen-bond donors (Lipinski definition) is 6. The summed E-state index contributed by atoms with van der Waals surface area (Å²) in [6, 6.07) is -0.825. The summed E-state index contributed by atoms with van der Waals surface area (Å²) in [5.74, 6) is -0.181. The van der Waals surface area contributed by atoms with Gasteiger partial charge in [0.05, 0.1) is 32.0 Å². The number of aliphatic hydroxyl groups is 5. The van der Waals surface area contributed by atoms with Gasteiger partial charge in [-0.05, 0) is 70.6 Å². The molecule has 0 aliphatic carbocycles. The van der Waals surface area contributed by atoms with E-state index in [0.717, 1.165) is 51.4 Å². The van der Waals surface area contributed by atoms with Gasteiger partial charge in [0.15, 0.2) is 6.29 Å². The van der Waals surface area contributed by atoms with Gasteiger partial charge in [0.25, 0.3) is 0 Å². The molecule has 470 valence electrons. The van der Waals surface area contributed by atoms with Gasteiger partial charge in [-0.15, -0.1) is 0 Å². The maximum atomic E-state index is 13.0. The van der Waals surface area contributed by atoms with Crippen molar-refractivity contribution >= 4 is 11.9 Å². The lowest BCUT2D eigenvalue weighted by molar-refractivity contribution is -0.302. The third-order valence-corrected chi connectivity index (χ3v) is 16.2. The molecule has 0 aromatic rings. The Morgan fingerprint density at radius 3 is 1.25 bits per heavy atom. The number of ether oxygens (including phenoxy) is 3. The molecule has 1 aliphatic rings. The smallest absolute Gasteiger partial charge is 0.305 e. The van der Waals surface area contributed by atoms with E-state index < -0.39 is 49.5 Å². The van der Waals surface area contributed by atoms with Crippen LogP contribution >= 0.6 is 0 Å². The molecule has 80 heavy (non-hydrogen) atoms. The summed E-state index contributed by atoms with van der Waals surface area (Å²) in [5, 5.41) is 54.3. The fourth-order valence-corrected chi connectivity index (χ4v) is 10.8. The second kappa shape index (κ2) is 58.6. The number of nitrogens with one attached hydrogen (secondary N) is 1. The van der Waals surface area contributed by atoms with Crippen molar-refractivity contribution < 1.29 is 49.3 Å². The monoisotopic (exact) mass is 1130 g/mol. The first-order chi connectivity index (χ1) is 39.2. The molecule has 1 amide bonds. The first kappa shape index (κ1) is 75.9. The molecule has 6 N–H and O–H groups in total. The van der Waals surface area contributed by atoms with Crippen molar-refractivity contribution in [3.63, 3.8) is 0 Å². The highest BCUT2D eigenvalue weighted by Gasteiger charge is 2.44. The summed E-state index contributed by atoms with van der Waals surface area (Å²) in [4.78, 5) is 25.0. The van der Waals surface area contributed by atoms with E-state index >= 15 is 0 Å². The molecule has 7 atom stereocenters. The summed E-state index contributed by atoms with van der Waals surface area (Å²) in [5.41, 5.74) is 0. The molecule has 1 fully saturated rings. The average Bonchev–Trinajstić information content (AvgIpc) is 3.47. The molecule has 0 aromatic carbocycles. The van der Waals surface area contributed by atoms with Crippen LogP contribution in [0.25, 0.3) is 0 Å². The van der Waals surface area contributed by atoms with E-state index in [4.69, 9.17) is 14.2 Å². The Morgan fingerprint density at radius 1 is 0.450 bits per heavy atom. The second-order valence-electron chi connectivity index (χ2n) is 23.9. The Morgan fingerprint density at radius 2 is 0.812 bits per heavy atom. The van der Waals surface area contributed by atoms with Gasteiger partial charge in [-0.2, -0.15) is 0 Å². The van der Waals surface area contributed by atoms with Crippen molar-refractivity contribution in [2.45, 2.75) is 371 Å². The number of aliphatic hydroxyl groups excluding tert-OH is 5. The molecule has 11 heteroatoms. The summed E-state index contributed by atoms with van der Waals surface area (Å²) in [6.45, 7) is 4.31. The predicted molar refractivity (Wildman–Crippen MR) is 334 cm³/mol. The zero-order valence-electron chi connectivity index (χ0n) is 52.1. The van der Waals surface area contributed by atoms with Crippen molar-refractivity contribution in [2.75, 3.05) is 19.8 Å². The lowest BCUT2D eigenvalue weighted by Crippen LogP contribution is -2.60. The topological polar surface area (TPSA) is 175 Å². The molecule has 1 heterocycles.